The van der Waals surface area contributed by atoms with Crippen molar-refractivity contribution < 1.29 is 9.59 Å². The van der Waals surface area contributed by atoms with Crippen molar-refractivity contribution in [3.63, 3.8) is 0 Å². The maximum Gasteiger partial charge on any atom is 0.227 e. The number of carbonyl (C=O) groups is 2. The van der Waals surface area contributed by atoms with Crippen LogP contribution in [-0.4, -0.2) is 53.3 Å². The number of aromatic nitrogens is 1. The Bertz CT molecular complexity index is 669. The highest BCUT2D eigenvalue weighted by molar-refractivity contribution is 5.91. The molecule has 1 aromatic carbocycles. The van der Waals surface area contributed by atoms with E-state index in [1.807, 2.05) is 23.2 Å². The van der Waals surface area contributed by atoms with Crippen molar-refractivity contribution in [1.82, 2.24) is 14.8 Å². The van der Waals surface area contributed by atoms with E-state index in [9.17, 15) is 9.59 Å². The van der Waals surface area contributed by atoms with Gasteiger partial charge in [-0.05, 0) is 24.1 Å². The van der Waals surface area contributed by atoms with Crippen molar-refractivity contribution in [2.24, 2.45) is 0 Å². The van der Waals surface area contributed by atoms with E-state index in [0.29, 0.717) is 32.6 Å². The first-order valence-electron chi connectivity index (χ1n) is 7.22. The second kappa shape index (κ2) is 5.60. The number of aryl methyl sites for hydroxylation is 1. The molecular formula is C16H19N3O2. The number of fused-ring (bicyclic) bond motifs is 1. The topological polar surface area (TPSA) is 56.4 Å². The zero-order chi connectivity index (χ0) is 14.8. The zero-order valence-electron chi connectivity index (χ0n) is 12.1. The van der Waals surface area contributed by atoms with Gasteiger partial charge in [-0.25, -0.2) is 0 Å². The minimum absolute atomic E-state index is 0.129. The average molecular weight is 285 g/mol. The van der Waals surface area contributed by atoms with Gasteiger partial charge >= 0.3 is 0 Å². The van der Waals surface area contributed by atoms with Gasteiger partial charge in [0.05, 0.1) is 6.42 Å². The van der Waals surface area contributed by atoms with Gasteiger partial charge < -0.3 is 14.8 Å². The molecule has 1 aliphatic rings. The van der Waals surface area contributed by atoms with Gasteiger partial charge in [-0.3, -0.25) is 9.59 Å². The van der Waals surface area contributed by atoms with Crippen molar-refractivity contribution in [1.29, 1.82) is 0 Å². The van der Waals surface area contributed by atoms with Crippen LogP contribution in [0, 0.1) is 6.92 Å². The largest absolute Gasteiger partial charge is 0.361 e. The first-order chi connectivity index (χ1) is 10.2. The Morgan fingerprint density at radius 1 is 1.29 bits per heavy atom. The lowest BCUT2D eigenvalue weighted by atomic mass is 10.0. The number of rotatable bonds is 3. The SMILES string of the molecule is Cc1cccc2[nH]cc(CC(=O)N3CCN(C=O)CC3)c12. The molecule has 5 heteroatoms. The lowest BCUT2D eigenvalue weighted by Crippen LogP contribution is -2.48. The van der Waals surface area contributed by atoms with Crippen molar-refractivity contribution >= 4 is 23.2 Å². The number of H-pyrrole nitrogens is 1. The van der Waals surface area contributed by atoms with Crippen LogP contribution in [0.2, 0.25) is 0 Å². The van der Waals surface area contributed by atoms with E-state index in [4.69, 9.17) is 0 Å². The van der Waals surface area contributed by atoms with Gasteiger partial charge in [0, 0.05) is 43.3 Å². The Kier molecular flexibility index (Phi) is 3.64. The molecular weight excluding hydrogens is 266 g/mol. The molecule has 0 atom stereocenters. The van der Waals surface area contributed by atoms with E-state index in [1.165, 1.54) is 5.56 Å². The Morgan fingerprint density at radius 3 is 2.76 bits per heavy atom. The molecule has 2 aromatic rings. The summed E-state index contributed by atoms with van der Waals surface area (Å²) in [5.41, 5.74) is 3.30. The van der Waals surface area contributed by atoms with E-state index in [2.05, 4.69) is 18.0 Å². The Hall–Kier alpha value is -2.30. The van der Waals surface area contributed by atoms with Gasteiger partial charge in [0.15, 0.2) is 0 Å². The maximum atomic E-state index is 12.4. The summed E-state index contributed by atoms with van der Waals surface area (Å²) in [6, 6.07) is 6.10. The molecule has 2 amide bonds. The summed E-state index contributed by atoms with van der Waals surface area (Å²) in [7, 11) is 0. The minimum Gasteiger partial charge on any atom is -0.361 e. The summed E-state index contributed by atoms with van der Waals surface area (Å²) in [6.07, 6.45) is 3.19. The van der Waals surface area contributed by atoms with Gasteiger partial charge in [0.25, 0.3) is 0 Å². The third-order valence-corrected chi connectivity index (χ3v) is 4.15. The van der Waals surface area contributed by atoms with Crippen LogP contribution in [0.5, 0.6) is 0 Å². The highest BCUT2D eigenvalue weighted by Gasteiger charge is 2.21. The number of amides is 2. The van der Waals surface area contributed by atoms with Crippen molar-refractivity contribution in [3.8, 4) is 0 Å². The fraction of sp³-hybridized carbons (Fsp3) is 0.375. The second-order valence-corrected chi connectivity index (χ2v) is 5.51. The summed E-state index contributed by atoms with van der Waals surface area (Å²) in [4.78, 5) is 29.9. The Morgan fingerprint density at radius 2 is 2.05 bits per heavy atom. The van der Waals surface area contributed by atoms with Gasteiger partial charge in [0.1, 0.15) is 0 Å². The van der Waals surface area contributed by atoms with Crippen molar-refractivity contribution in [2.45, 2.75) is 13.3 Å². The van der Waals surface area contributed by atoms with E-state index in [-0.39, 0.29) is 5.91 Å². The molecule has 1 fully saturated rings. The number of hydrogen-bond acceptors (Lipinski definition) is 2. The number of nitrogens with zero attached hydrogens (tertiary/aromatic N) is 2. The van der Waals surface area contributed by atoms with Gasteiger partial charge in [-0.1, -0.05) is 12.1 Å². The lowest BCUT2D eigenvalue weighted by Gasteiger charge is -2.32. The summed E-state index contributed by atoms with van der Waals surface area (Å²) in [5.74, 6) is 0.129. The molecule has 110 valence electrons. The third-order valence-electron chi connectivity index (χ3n) is 4.15. The van der Waals surface area contributed by atoms with Crippen LogP contribution >= 0.6 is 0 Å². The molecule has 0 saturated carbocycles. The first kappa shape index (κ1) is 13.7. The van der Waals surface area contributed by atoms with Crippen LogP contribution in [-0.2, 0) is 16.0 Å². The lowest BCUT2D eigenvalue weighted by molar-refractivity contribution is -0.134. The first-order valence-corrected chi connectivity index (χ1v) is 7.22. The number of hydrogen-bond donors (Lipinski definition) is 1. The van der Waals surface area contributed by atoms with E-state index in [0.717, 1.165) is 22.9 Å². The van der Waals surface area contributed by atoms with Crippen molar-refractivity contribution in [3.05, 3.63) is 35.5 Å². The average Bonchev–Trinajstić information content (AvgIpc) is 2.92. The fourth-order valence-corrected chi connectivity index (χ4v) is 2.94. The smallest absolute Gasteiger partial charge is 0.227 e. The molecule has 0 spiro atoms. The summed E-state index contributed by atoms with van der Waals surface area (Å²) in [5, 5.41) is 1.15. The number of nitrogens with one attached hydrogen (secondary N) is 1. The third kappa shape index (κ3) is 2.63. The molecule has 0 unspecified atom stereocenters. The highest BCUT2D eigenvalue weighted by Crippen LogP contribution is 2.23. The molecule has 3 rings (SSSR count). The fourth-order valence-electron chi connectivity index (χ4n) is 2.94. The molecule has 1 aromatic heterocycles. The van der Waals surface area contributed by atoms with Gasteiger partial charge in [-0.2, -0.15) is 0 Å². The minimum atomic E-state index is 0.129. The normalized spacial score (nSPS) is 15.5. The van der Waals surface area contributed by atoms with E-state index in [1.54, 1.807) is 4.90 Å². The predicted octanol–water partition coefficient (Wildman–Crippen LogP) is 1.32. The molecule has 0 radical (unpaired) electrons. The highest BCUT2D eigenvalue weighted by atomic mass is 16.2. The zero-order valence-corrected chi connectivity index (χ0v) is 12.1. The molecule has 5 nitrogen and oxygen atoms in total. The quantitative estimate of drug-likeness (QED) is 0.865. The molecule has 1 N–H and O–H groups in total. The standard InChI is InChI=1S/C16H19N3O2/c1-12-3-2-4-14-16(12)13(10-17-14)9-15(21)19-7-5-18(11-20)6-8-19/h2-4,10-11,17H,5-9H2,1H3. The summed E-state index contributed by atoms with van der Waals surface area (Å²) >= 11 is 0. The van der Waals surface area contributed by atoms with Crippen LogP contribution in [0.1, 0.15) is 11.1 Å². The molecule has 1 aliphatic heterocycles. The number of aromatic amines is 1. The van der Waals surface area contributed by atoms with E-state index >= 15 is 0 Å². The van der Waals surface area contributed by atoms with Crippen LogP contribution in [0.4, 0.5) is 0 Å². The molecule has 1 saturated heterocycles. The molecule has 21 heavy (non-hydrogen) atoms. The van der Waals surface area contributed by atoms with Crippen LogP contribution in [0.3, 0.4) is 0 Å². The second-order valence-electron chi connectivity index (χ2n) is 5.51. The summed E-state index contributed by atoms with van der Waals surface area (Å²) in [6.45, 7) is 4.56. The van der Waals surface area contributed by atoms with Gasteiger partial charge in [-0.15, -0.1) is 0 Å². The predicted molar refractivity (Wildman–Crippen MR) is 81.0 cm³/mol. The number of benzene rings is 1. The Labute approximate surface area is 123 Å². The number of piperazine rings is 1. The monoisotopic (exact) mass is 285 g/mol. The molecule has 2 heterocycles. The van der Waals surface area contributed by atoms with Crippen LogP contribution in [0.25, 0.3) is 10.9 Å². The molecule has 0 aliphatic carbocycles. The Balaban J connectivity index is 1.74. The number of carbonyl (C=O) groups excluding carboxylic acids is 2. The van der Waals surface area contributed by atoms with Crippen LogP contribution in [0.15, 0.2) is 24.4 Å². The van der Waals surface area contributed by atoms with Gasteiger partial charge in [0.2, 0.25) is 12.3 Å². The maximum absolute atomic E-state index is 12.4. The summed E-state index contributed by atoms with van der Waals surface area (Å²) < 4.78 is 0. The van der Waals surface area contributed by atoms with Crippen LogP contribution < -0.4 is 0 Å². The van der Waals surface area contributed by atoms with Crippen molar-refractivity contribution in [2.75, 3.05) is 26.2 Å². The van der Waals surface area contributed by atoms with E-state index < -0.39 is 0 Å². The molecule has 0 bridgehead atoms.